The maximum Gasteiger partial charge on any atom is 0.325 e. The van der Waals surface area contributed by atoms with Crippen molar-refractivity contribution in [3.8, 4) is 17.2 Å². The summed E-state index contributed by atoms with van der Waals surface area (Å²) in [5, 5.41) is 2.42. The van der Waals surface area contributed by atoms with Crippen LogP contribution in [0.3, 0.4) is 0 Å². The lowest BCUT2D eigenvalue weighted by Gasteiger charge is -2.13. The summed E-state index contributed by atoms with van der Waals surface area (Å²) in [4.78, 5) is 22.9. The Morgan fingerprint density at radius 1 is 1.00 bits per heavy atom. The molecular weight excluding hydrogens is 266 g/mol. The fourth-order valence-electron chi connectivity index (χ4n) is 1.54. The number of carbonyl (C=O) groups excluding carboxylic acids is 2. The molecule has 1 aromatic carbocycles. The molecule has 1 aromatic rings. The van der Waals surface area contributed by atoms with Gasteiger partial charge in [-0.05, 0) is 12.1 Å². The first kappa shape index (κ1) is 15.6. The highest BCUT2D eigenvalue weighted by molar-refractivity contribution is 5.97. The number of esters is 1. The molecule has 0 heterocycles. The Bertz CT molecular complexity index is 475. The maximum atomic E-state index is 11.9. The second-order valence-electron chi connectivity index (χ2n) is 3.67. The highest BCUT2D eigenvalue weighted by Crippen LogP contribution is 2.38. The van der Waals surface area contributed by atoms with Gasteiger partial charge < -0.3 is 24.3 Å². The van der Waals surface area contributed by atoms with Crippen LogP contribution in [0.15, 0.2) is 12.1 Å². The first-order valence-electron chi connectivity index (χ1n) is 5.72. The van der Waals surface area contributed by atoms with Gasteiger partial charge in [0, 0.05) is 5.56 Å². The van der Waals surface area contributed by atoms with Gasteiger partial charge in [0.2, 0.25) is 5.75 Å². The first-order valence-corrected chi connectivity index (χ1v) is 5.72. The van der Waals surface area contributed by atoms with E-state index in [1.54, 1.807) is 0 Å². The average Bonchev–Trinajstić information content (AvgIpc) is 2.50. The Morgan fingerprint density at radius 3 is 1.95 bits per heavy atom. The number of ether oxygens (including phenoxy) is 4. The van der Waals surface area contributed by atoms with E-state index in [1.165, 1.54) is 40.6 Å². The first-order chi connectivity index (χ1) is 9.57. The minimum Gasteiger partial charge on any atom is -0.493 e. The van der Waals surface area contributed by atoms with E-state index < -0.39 is 11.9 Å². The number of carbonyl (C=O) groups is 2. The quantitative estimate of drug-likeness (QED) is 0.770. The molecule has 1 rings (SSSR count). The van der Waals surface area contributed by atoms with Gasteiger partial charge in [-0.2, -0.15) is 0 Å². The summed E-state index contributed by atoms with van der Waals surface area (Å²) < 4.78 is 19.9. The van der Waals surface area contributed by atoms with Crippen molar-refractivity contribution in [2.75, 3.05) is 35.0 Å². The molecule has 0 aliphatic rings. The van der Waals surface area contributed by atoms with Gasteiger partial charge in [0.05, 0.1) is 28.4 Å². The number of rotatable bonds is 6. The summed E-state index contributed by atoms with van der Waals surface area (Å²) >= 11 is 0. The molecule has 7 heteroatoms. The van der Waals surface area contributed by atoms with Crippen molar-refractivity contribution in [3.63, 3.8) is 0 Å². The van der Waals surface area contributed by atoms with Gasteiger partial charge in [0.15, 0.2) is 11.5 Å². The van der Waals surface area contributed by atoms with Gasteiger partial charge in [-0.25, -0.2) is 0 Å². The molecule has 7 nitrogen and oxygen atoms in total. The second-order valence-corrected chi connectivity index (χ2v) is 3.67. The minimum absolute atomic E-state index is 0.216. The van der Waals surface area contributed by atoms with E-state index >= 15 is 0 Å². The highest BCUT2D eigenvalue weighted by atomic mass is 16.5. The van der Waals surface area contributed by atoms with Crippen LogP contribution in [-0.2, 0) is 9.53 Å². The molecule has 0 saturated carbocycles. The largest absolute Gasteiger partial charge is 0.493 e. The van der Waals surface area contributed by atoms with Crippen molar-refractivity contribution in [2.24, 2.45) is 0 Å². The Morgan fingerprint density at radius 2 is 1.55 bits per heavy atom. The lowest BCUT2D eigenvalue weighted by atomic mass is 10.1. The molecule has 0 fully saturated rings. The second kappa shape index (κ2) is 7.22. The third-order valence-electron chi connectivity index (χ3n) is 2.55. The van der Waals surface area contributed by atoms with E-state index in [1.807, 2.05) is 0 Å². The number of hydrogen-bond donors (Lipinski definition) is 1. The third kappa shape index (κ3) is 3.53. The molecule has 1 N–H and O–H groups in total. The molecule has 110 valence electrons. The van der Waals surface area contributed by atoms with Gasteiger partial charge in [-0.15, -0.1) is 0 Å². The summed E-state index contributed by atoms with van der Waals surface area (Å²) in [5.41, 5.74) is 0.281. The van der Waals surface area contributed by atoms with Gasteiger partial charge in [0.25, 0.3) is 5.91 Å². The van der Waals surface area contributed by atoms with Crippen molar-refractivity contribution in [2.45, 2.75) is 0 Å². The van der Waals surface area contributed by atoms with E-state index in [2.05, 4.69) is 10.1 Å². The molecule has 0 aliphatic carbocycles. The molecule has 20 heavy (non-hydrogen) atoms. The lowest BCUT2D eigenvalue weighted by Crippen LogP contribution is -2.30. The van der Waals surface area contributed by atoms with Gasteiger partial charge in [0.1, 0.15) is 6.54 Å². The third-order valence-corrected chi connectivity index (χ3v) is 2.55. The molecular formula is C13H17NO6. The fourth-order valence-corrected chi connectivity index (χ4v) is 1.54. The van der Waals surface area contributed by atoms with Crippen molar-refractivity contribution in [1.29, 1.82) is 0 Å². The van der Waals surface area contributed by atoms with E-state index in [0.29, 0.717) is 17.2 Å². The number of amides is 1. The van der Waals surface area contributed by atoms with Crippen LogP contribution >= 0.6 is 0 Å². The van der Waals surface area contributed by atoms with Crippen molar-refractivity contribution >= 4 is 11.9 Å². The van der Waals surface area contributed by atoms with Crippen LogP contribution in [0.2, 0.25) is 0 Å². The molecule has 0 bridgehead atoms. The molecule has 0 atom stereocenters. The molecule has 0 aromatic heterocycles. The zero-order valence-electron chi connectivity index (χ0n) is 11.8. The Balaban J connectivity index is 3.00. The molecule has 0 unspecified atom stereocenters. The van der Waals surface area contributed by atoms with Crippen LogP contribution < -0.4 is 19.5 Å². The predicted octanol–water partition coefficient (Wildman–Crippen LogP) is 0.615. The SMILES string of the molecule is COC(=O)CNC(=O)c1cc(OC)c(OC)c(OC)c1. The molecule has 0 radical (unpaired) electrons. The van der Waals surface area contributed by atoms with Gasteiger partial charge in [-0.3, -0.25) is 9.59 Å². The van der Waals surface area contributed by atoms with Crippen molar-refractivity contribution in [1.82, 2.24) is 5.32 Å². The molecule has 0 saturated heterocycles. The van der Waals surface area contributed by atoms with Crippen LogP contribution in [0.4, 0.5) is 0 Å². The van der Waals surface area contributed by atoms with E-state index in [4.69, 9.17) is 14.2 Å². The summed E-state index contributed by atoms with van der Waals surface area (Å²) in [6.45, 7) is -0.216. The zero-order valence-corrected chi connectivity index (χ0v) is 11.8. The topological polar surface area (TPSA) is 83.1 Å². The zero-order chi connectivity index (χ0) is 15.1. The van der Waals surface area contributed by atoms with E-state index in [0.717, 1.165) is 0 Å². The Hall–Kier alpha value is -2.44. The highest BCUT2D eigenvalue weighted by Gasteiger charge is 2.17. The van der Waals surface area contributed by atoms with E-state index in [9.17, 15) is 9.59 Å². The molecule has 0 aliphatic heterocycles. The van der Waals surface area contributed by atoms with Crippen LogP contribution in [0.5, 0.6) is 17.2 Å². The number of benzene rings is 1. The Kier molecular flexibility index (Phi) is 5.64. The average molecular weight is 283 g/mol. The summed E-state index contributed by atoms with van der Waals surface area (Å²) in [6, 6.07) is 2.99. The standard InChI is InChI=1S/C13H17NO6/c1-17-9-5-8(6-10(18-2)12(9)20-4)13(16)14-7-11(15)19-3/h5-6H,7H2,1-4H3,(H,14,16). The Labute approximate surface area is 116 Å². The minimum atomic E-state index is -0.536. The van der Waals surface area contributed by atoms with E-state index in [-0.39, 0.29) is 12.1 Å². The van der Waals surface area contributed by atoms with Crippen molar-refractivity contribution < 1.29 is 28.5 Å². The normalized spacial score (nSPS) is 9.60. The van der Waals surface area contributed by atoms with Gasteiger partial charge in [-0.1, -0.05) is 0 Å². The summed E-state index contributed by atoms with van der Waals surface area (Å²) in [6.07, 6.45) is 0. The van der Waals surface area contributed by atoms with Gasteiger partial charge >= 0.3 is 5.97 Å². The predicted molar refractivity (Wildman–Crippen MR) is 70.4 cm³/mol. The molecule has 0 spiro atoms. The van der Waals surface area contributed by atoms with Crippen LogP contribution in [0.25, 0.3) is 0 Å². The van der Waals surface area contributed by atoms with Crippen LogP contribution in [0, 0.1) is 0 Å². The number of hydrogen-bond acceptors (Lipinski definition) is 6. The van der Waals surface area contributed by atoms with Crippen LogP contribution in [-0.4, -0.2) is 46.9 Å². The fraction of sp³-hybridized carbons (Fsp3) is 0.385. The van der Waals surface area contributed by atoms with Crippen LogP contribution in [0.1, 0.15) is 10.4 Å². The maximum absolute atomic E-state index is 11.9. The molecule has 1 amide bonds. The summed E-state index contributed by atoms with van der Waals surface area (Å²) in [7, 11) is 5.62. The smallest absolute Gasteiger partial charge is 0.325 e. The monoisotopic (exact) mass is 283 g/mol. The van der Waals surface area contributed by atoms with Crippen molar-refractivity contribution in [3.05, 3.63) is 17.7 Å². The number of nitrogens with one attached hydrogen (secondary N) is 1. The number of methoxy groups -OCH3 is 4. The summed E-state index contributed by atoms with van der Waals surface area (Å²) in [5.74, 6) is 0.116. The lowest BCUT2D eigenvalue weighted by molar-refractivity contribution is -0.139.